The molecule has 1 heterocycles. The van der Waals surface area contributed by atoms with Crippen molar-refractivity contribution in [3.8, 4) is 0 Å². The molecule has 3 aromatic carbocycles. The lowest BCUT2D eigenvalue weighted by Gasteiger charge is -2.21. The minimum absolute atomic E-state index is 0.184. The molecule has 0 bridgehead atoms. The van der Waals surface area contributed by atoms with Crippen LogP contribution in [0.25, 0.3) is 0 Å². The maximum atomic E-state index is 12.7. The molecule has 1 amide bonds. The minimum atomic E-state index is -3.72. The van der Waals surface area contributed by atoms with Gasteiger partial charge in [0, 0.05) is 11.3 Å². The summed E-state index contributed by atoms with van der Waals surface area (Å²) < 4.78 is 28.4. The van der Waals surface area contributed by atoms with E-state index >= 15 is 0 Å². The second-order valence-corrected chi connectivity index (χ2v) is 11.9. The van der Waals surface area contributed by atoms with Crippen LogP contribution in [0.5, 0.6) is 0 Å². The van der Waals surface area contributed by atoms with Gasteiger partial charge in [0.25, 0.3) is 15.9 Å². The number of anilines is 2. The maximum Gasteiger partial charge on any atom is 0.261 e. The van der Waals surface area contributed by atoms with Gasteiger partial charge in [0.2, 0.25) is 0 Å². The van der Waals surface area contributed by atoms with Gasteiger partial charge in [0.1, 0.15) is 0 Å². The first-order valence-electron chi connectivity index (χ1n) is 10.3. The van der Waals surface area contributed by atoms with Gasteiger partial charge < -0.3 is 5.32 Å². The zero-order valence-electron chi connectivity index (χ0n) is 17.6. The summed E-state index contributed by atoms with van der Waals surface area (Å²) in [6.07, 6.45) is 1.24. The molecule has 0 aromatic heterocycles. The molecule has 5 nitrogen and oxygen atoms in total. The van der Waals surface area contributed by atoms with Crippen LogP contribution in [-0.4, -0.2) is 25.8 Å². The third kappa shape index (κ3) is 5.49. The number of hydrogen-bond donors (Lipinski definition) is 2. The number of rotatable bonds is 6. The molecule has 0 aliphatic carbocycles. The summed E-state index contributed by atoms with van der Waals surface area (Å²) in [5.41, 5.74) is 3.49. The molecule has 0 spiro atoms. The first-order valence-corrected chi connectivity index (χ1v) is 13.8. The lowest BCUT2D eigenvalue weighted by Crippen LogP contribution is -2.15. The molecule has 2 N–H and O–H groups in total. The zero-order valence-corrected chi connectivity index (χ0v) is 20.0. The summed E-state index contributed by atoms with van der Waals surface area (Å²) >= 11 is 3.89. The average molecular weight is 485 g/mol. The Balaban J connectivity index is 1.47. The van der Waals surface area contributed by atoms with E-state index in [0.29, 0.717) is 21.5 Å². The number of benzene rings is 3. The van der Waals surface area contributed by atoms with Crippen LogP contribution in [0.2, 0.25) is 0 Å². The second kappa shape index (κ2) is 10.0. The Labute approximate surface area is 197 Å². The van der Waals surface area contributed by atoms with E-state index in [1.165, 1.54) is 35.6 Å². The van der Waals surface area contributed by atoms with Crippen LogP contribution in [0.1, 0.15) is 32.5 Å². The first kappa shape index (κ1) is 22.8. The van der Waals surface area contributed by atoms with E-state index in [4.69, 9.17) is 0 Å². The highest BCUT2D eigenvalue weighted by molar-refractivity contribution is 8.16. The average Bonchev–Trinajstić information content (AvgIpc) is 2.82. The van der Waals surface area contributed by atoms with E-state index in [-0.39, 0.29) is 10.8 Å². The van der Waals surface area contributed by atoms with E-state index in [0.717, 1.165) is 5.56 Å². The Morgan fingerprint density at radius 1 is 0.938 bits per heavy atom. The zero-order chi connectivity index (χ0) is 22.6. The number of sulfonamides is 1. The summed E-state index contributed by atoms with van der Waals surface area (Å²) in [5.74, 6) is 2.11. The number of aryl methyl sites for hydroxylation is 1. The molecule has 3 aromatic rings. The van der Waals surface area contributed by atoms with Gasteiger partial charge in [0.05, 0.1) is 15.2 Å². The molecule has 1 aliphatic heterocycles. The van der Waals surface area contributed by atoms with Crippen molar-refractivity contribution >= 4 is 50.8 Å². The van der Waals surface area contributed by atoms with E-state index < -0.39 is 10.0 Å². The van der Waals surface area contributed by atoms with Crippen molar-refractivity contribution in [1.29, 1.82) is 0 Å². The molecule has 0 radical (unpaired) electrons. The smallest absolute Gasteiger partial charge is 0.261 e. The second-order valence-electron chi connectivity index (χ2n) is 7.45. The fraction of sp³-hybridized carbons (Fsp3) is 0.208. The molecule has 0 saturated carbocycles. The van der Waals surface area contributed by atoms with Crippen LogP contribution in [-0.2, 0) is 10.0 Å². The number of thioether (sulfide) groups is 2. The van der Waals surface area contributed by atoms with E-state index in [1.54, 1.807) is 36.4 Å². The number of hydrogen-bond acceptors (Lipinski definition) is 5. The topological polar surface area (TPSA) is 75.3 Å². The summed E-state index contributed by atoms with van der Waals surface area (Å²) in [4.78, 5) is 12.9. The van der Waals surface area contributed by atoms with Gasteiger partial charge in [0.15, 0.2) is 0 Å². The summed E-state index contributed by atoms with van der Waals surface area (Å²) in [7, 11) is -3.72. The van der Waals surface area contributed by atoms with Crippen LogP contribution < -0.4 is 10.0 Å². The standard InChI is InChI=1S/C24H24N2O3S3/c1-17-8-13-20(16-22(17)26-32(28,29)21-6-3-2-4-7-21)25-23(27)18-9-11-19(12-10-18)24-30-14-5-15-31-24/h2-4,6-13,16,24,26H,5,14-15H2,1H3,(H,25,27). The molecule has 1 saturated heterocycles. The highest BCUT2D eigenvalue weighted by Gasteiger charge is 2.18. The van der Waals surface area contributed by atoms with Crippen LogP contribution in [0, 0.1) is 6.92 Å². The van der Waals surface area contributed by atoms with Gasteiger partial charge in [-0.15, -0.1) is 23.5 Å². The van der Waals surface area contributed by atoms with Gasteiger partial charge >= 0.3 is 0 Å². The lowest BCUT2D eigenvalue weighted by atomic mass is 10.1. The molecular formula is C24H24N2O3S3. The quantitative estimate of drug-likeness (QED) is 0.454. The molecule has 0 unspecified atom stereocenters. The molecule has 8 heteroatoms. The molecule has 166 valence electrons. The molecule has 4 rings (SSSR count). The molecule has 0 atom stereocenters. The van der Waals surface area contributed by atoms with Crippen LogP contribution in [0.3, 0.4) is 0 Å². The Bertz CT molecular complexity index is 1190. The third-order valence-electron chi connectivity index (χ3n) is 5.07. The van der Waals surface area contributed by atoms with Crippen molar-refractivity contribution in [1.82, 2.24) is 0 Å². The normalized spacial score (nSPS) is 14.7. The van der Waals surface area contributed by atoms with Crippen LogP contribution in [0.4, 0.5) is 11.4 Å². The summed E-state index contributed by atoms with van der Waals surface area (Å²) in [6.45, 7) is 1.81. The SMILES string of the molecule is Cc1ccc(NC(=O)c2ccc(C3SCCCS3)cc2)cc1NS(=O)(=O)c1ccccc1. The maximum absolute atomic E-state index is 12.7. The number of carbonyl (C=O) groups excluding carboxylic acids is 1. The van der Waals surface area contributed by atoms with Gasteiger partial charge in [-0.25, -0.2) is 8.42 Å². The van der Waals surface area contributed by atoms with Crippen molar-refractivity contribution in [2.45, 2.75) is 22.8 Å². The molecule has 1 aliphatic rings. The monoisotopic (exact) mass is 484 g/mol. The Hall–Kier alpha value is -2.42. The van der Waals surface area contributed by atoms with Crippen molar-refractivity contribution < 1.29 is 13.2 Å². The van der Waals surface area contributed by atoms with Crippen molar-refractivity contribution in [3.05, 3.63) is 89.5 Å². The molecule has 32 heavy (non-hydrogen) atoms. The molecule has 1 fully saturated rings. The predicted octanol–water partition coefficient (Wildman–Crippen LogP) is 5.92. The highest BCUT2D eigenvalue weighted by atomic mass is 32.2. The van der Waals surface area contributed by atoms with Crippen molar-refractivity contribution in [3.63, 3.8) is 0 Å². The van der Waals surface area contributed by atoms with E-state index in [1.807, 2.05) is 54.7 Å². The third-order valence-corrected chi connectivity index (χ3v) is 9.46. The van der Waals surface area contributed by atoms with Crippen molar-refractivity contribution in [2.24, 2.45) is 0 Å². The fourth-order valence-electron chi connectivity index (χ4n) is 3.29. The number of amides is 1. The Kier molecular flexibility index (Phi) is 7.13. The van der Waals surface area contributed by atoms with E-state index in [2.05, 4.69) is 10.0 Å². The largest absolute Gasteiger partial charge is 0.322 e. The van der Waals surface area contributed by atoms with E-state index in [9.17, 15) is 13.2 Å². The summed E-state index contributed by atoms with van der Waals surface area (Å²) in [5, 5.41) is 2.87. The van der Waals surface area contributed by atoms with Gasteiger partial charge in [-0.3, -0.25) is 9.52 Å². The molecular weight excluding hydrogens is 460 g/mol. The first-order chi connectivity index (χ1) is 15.4. The Morgan fingerprint density at radius 2 is 1.62 bits per heavy atom. The fourth-order valence-corrected chi connectivity index (χ4v) is 7.33. The number of carbonyl (C=O) groups is 1. The minimum Gasteiger partial charge on any atom is -0.322 e. The van der Waals surface area contributed by atoms with Gasteiger partial charge in [-0.2, -0.15) is 0 Å². The Morgan fingerprint density at radius 3 is 2.31 bits per heavy atom. The highest BCUT2D eigenvalue weighted by Crippen LogP contribution is 2.43. The van der Waals surface area contributed by atoms with Crippen molar-refractivity contribution in [2.75, 3.05) is 21.5 Å². The van der Waals surface area contributed by atoms with Gasteiger partial charge in [-0.05, 0) is 72.4 Å². The summed E-state index contributed by atoms with van der Waals surface area (Å²) in [6, 6.07) is 21.1. The van der Waals surface area contributed by atoms with Crippen LogP contribution >= 0.6 is 23.5 Å². The lowest BCUT2D eigenvalue weighted by molar-refractivity contribution is 0.102. The van der Waals surface area contributed by atoms with Crippen LogP contribution in [0.15, 0.2) is 77.7 Å². The number of nitrogens with one attached hydrogen (secondary N) is 2. The predicted molar refractivity (Wildman–Crippen MR) is 135 cm³/mol. The van der Waals surface area contributed by atoms with Gasteiger partial charge in [-0.1, -0.05) is 36.4 Å².